The van der Waals surface area contributed by atoms with Gasteiger partial charge in [0.2, 0.25) is 11.7 Å². The maximum atomic E-state index is 12.9. The lowest BCUT2D eigenvalue weighted by molar-refractivity contribution is 0.267. The molecule has 0 radical (unpaired) electrons. The van der Waals surface area contributed by atoms with Gasteiger partial charge in [0, 0.05) is 12.1 Å². The third kappa shape index (κ3) is 2.51. The molecular weight excluding hydrogens is 245 g/mol. The molecule has 0 bridgehead atoms. The summed E-state index contributed by atoms with van der Waals surface area (Å²) in [5, 5.41) is 3.96. The fraction of sp³-hybridized carbons (Fsp3) is 0.429. The van der Waals surface area contributed by atoms with E-state index in [1.165, 1.54) is 12.1 Å². The van der Waals surface area contributed by atoms with Crippen molar-refractivity contribution in [1.82, 2.24) is 10.1 Å². The van der Waals surface area contributed by atoms with Gasteiger partial charge in [0.15, 0.2) is 0 Å². The average molecular weight is 263 g/mol. The second-order valence-corrected chi connectivity index (χ2v) is 4.62. The Morgan fingerprint density at radius 1 is 1.21 bits per heavy atom. The van der Waals surface area contributed by atoms with Gasteiger partial charge in [-0.05, 0) is 37.1 Å². The van der Waals surface area contributed by atoms with E-state index in [2.05, 4.69) is 24.0 Å². The Morgan fingerprint density at radius 3 is 2.37 bits per heavy atom. The van der Waals surface area contributed by atoms with Crippen molar-refractivity contribution < 1.29 is 8.91 Å². The summed E-state index contributed by atoms with van der Waals surface area (Å²) in [6, 6.07) is 6.01. The number of halogens is 1. The minimum atomic E-state index is -0.286. The van der Waals surface area contributed by atoms with Gasteiger partial charge in [0.05, 0.1) is 5.41 Å². The number of aromatic nitrogens is 2. The highest BCUT2D eigenvalue weighted by Gasteiger charge is 2.33. The Hall–Kier alpha value is -1.75. The number of rotatable bonds is 5. The van der Waals surface area contributed by atoms with Crippen molar-refractivity contribution in [3.05, 3.63) is 36.0 Å². The van der Waals surface area contributed by atoms with Crippen molar-refractivity contribution in [3.8, 4) is 11.4 Å². The fourth-order valence-corrected chi connectivity index (χ4v) is 2.08. The molecule has 0 amide bonds. The highest BCUT2D eigenvalue weighted by Crippen LogP contribution is 2.30. The molecule has 102 valence electrons. The molecule has 0 unspecified atom stereocenters. The first-order valence-electron chi connectivity index (χ1n) is 6.45. The summed E-state index contributed by atoms with van der Waals surface area (Å²) < 4.78 is 18.2. The maximum absolute atomic E-state index is 12.9. The number of nitrogens with two attached hydrogens (primary N) is 1. The molecule has 0 aliphatic rings. The van der Waals surface area contributed by atoms with Crippen LogP contribution in [-0.2, 0) is 5.41 Å². The van der Waals surface area contributed by atoms with Gasteiger partial charge < -0.3 is 10.3 Å². The summed E-state index contributed by atoms with van der Waals surface area (Å²) >= 11 is 0. The van der Waals surface area contributed by atoms with Crippen molar-refractivity contribution in [3.63, 3.8) is 0 Å². The Kier molecular flexibility index (Phi) is 3.95. The molecule has 0 saturated heterocycles. The minimum absolute atomic E-state index is 0.273. The van der Waals surface area contributed by atoms with E-state index in [9.17, 15) is 4.39 Å². The Bertz CT molecular complexity index is 524. The van der Waals surface area contributed by atoms with E-state index >= 15 is 0 Å². The maximum Gasteiger partial charge on any atom is 0.234 e. The molecule has 0 spiro atoms. The molecule has 0 fully saturated rings. The summed E-state index contributed by atoms with van der Waals surface area (Å²) in [7, 11) is 0. The van der Waals surface area contributed by atoms with Crippen LogP contribution in [-0.4, -0.2) is 16.7 Å². The zero-order valence-electron chi connectivity index (χ0n) is 11.2. The van der Waals surface area contributed by atoms with Gasteiger partial charge >= 0.3 is 0 Å². The van der Waals surface area contributed by atoms with Crippen LogP contribution in [0.2, 0.25) is 0 Å². The van der Waals surface area contributed by atoms with E-state index < -0.39 is 0 Å². The normalized spacial score (nSPS) is 11.8. The third-order valence-corrected chi connectivity index (χ3v) is 3.73. The first-order chi connectivity index (χ1) is 9.15. The van der Waals surface area contributed by atoms with E-state index in [0.29, 0.717) is 18.3 Å². The smallest absolute Gasteiger partial charge is 0.234 e. The molecule has 1 heterocycles. The Balaban J connectivity index is 2.35. The third-order valence-electron chi connectivity index (χ3n) is 3.73. The first-order valence-corrected chi connectivity index (χ1v) is 6.45. The molecule has 0 aliphatic carbocycles. The van der Waals surface area contributed by atoms with Crippen LogP contribution in [0.25, 0.3) is 11.4 Å². The lowest BCUT2D eigenvalue weighted by atomic mass is 9.82. The van der Waals surface area contributed by atoms with Crippen molar-refractivity contribution >= 4 is 0 Å². The summed E-state index contributed by atoms with van der Waals surface area (Å²) in [5.74, 6) is 0.736. The summed E-state index contributed by atoms with van der Waals surface area (Å²) in [6.07, 6.45) is 1.68. The number of nitrogens with zero attached hydrogens (tertiary/aromatic N) is 2. The van der Waals surface area contributed by atoms with Gasteiger partial charge in [0.25, 0.3) is 0 Å². The van der Waals surface area contributed by atoms with Gasteiger partial charge in [-0.15, -0.1) is 0 Å². The van der Waals surface area contributed by atoms with E-state index in [-0.39, 0.29) is 11.2 Å². The topological polar surface area (TPSA) is 64.9 Å². The first kappa shape index (κ1) is 13.7. The lowest BCUT2D eigenvalue weighted by Gasteiger charge is -2.24. The van der Waals surface area contributed by atoms with Crippen molar-refractivity contribution in [1.29, 1.82) is 0 Å². The van der Waals surface area contributed by atoms with Crippen LogP contribution < -0.4 is 5.73 Å². The van der Waals surface area contributed by atoms with Gasteiger partial charge in [-0.1, -0.05) is 19.0 Å². The summed E-state index contributed by atoms with van der Waals surface area (Å²) in [5.41, 5.74) is 6.31. The SMILES string of the molecule is CCC(CC)(CN)c1nc(-c2ccc(F)cc2)no1. The molecule has 2 rings (SSSR count). The lowest BCUT2D eigenvalue weighted by Crippen LogP contribution is -2.34. The van der Waals surface area contributed by atoms with Gasteiger partial charge in [-0.2, -0.15) is 4.98 Å². The van der Waals surface area contributed by atoms with Crippen molar-refractivity contribution in [2.45, 2.75) is 32.1 Å². The molecule has 19 heavy (non-hydrogen) atoms. The predicted octanol–water partition coefficient (Wildman–Crippen LogP) is 2.89. The van der Waals surface area contributed by atoms with Crippen LogP contribution in [0.4, 0.5) is 4.39 Å². The average Bonchev–Trinajstić information content (AvgIpc) is 2.93. The molecule has 1 aromatic carbocycles. The van der Waals surface area contributed by atoms with Crippen molar-refractivity contribution in [2.75, 3.05) is 6.54 Å². The van der Waals surface area contributed by atoms with Gasteiger partial charge in [-0.3, -0.25) is 0 Å². The zero-order chi connectivity index (χ0) is 13.9. The fourth-order valence-electron chi connectivity index (χ4n) is 2.08. The predicted molar refractivity (Wildman–Crippen MR) is 71.0 cm³/mol. The molecule has 1 aromatic heterocycles. The van der Waals surface area contributed by atoms with E-state index in [1.54, 1.807) is 12.1 Å². The highest BCUT2D eigenvalue weighted by molar-refractivity contribution is 5.53. The second-order valence-electron chi connectivity index (χ2n) is 4.62. The molecule has 0 saturated carbocycles. The number of hydrogen-bond donors (Lipinski definition) is 1. The summed E-state index contributed by atoms with van der Waals surface area (Å²) in [6.45, 7) is 4.57. The van der Waals surface area contributed by atoms with Crippen LogP contribution in [0.1, 0.15) is 32.6 Å². The van der Waals surface area contributed by atoms with Crippen LogP contribution in [0.15, 0.2) is 28.8 Å². The van der Waals surface area contributed by atoms with Gasteiger partial charge in [-0.25, -0.2) is 4.39 Å². The van der Waals surface area contributed by atoms with Gasteiger partial charge in [0.1, 0.15) is 5.82 Å². The molecule has 4 nitrogen and oxygen atoms in total. The second kappa shape index (κ2) is 5.48. The monoisotopic (exact) mass is 263 g/mol. The summed E-state index contributed by atoms with van der Waals surface area (Å²) in [4.78, 5) is 4.41. The van der Waals surface area contributed by atoms with Crippen LogP contribution in [0.3, 0.4) is 0 Å². The van der Waals surface area contributed by atoms with E-state index in [1.807, 2.05) is 0 Å². The standard InChI is InChI=1S/C14H18FN3O/c1-3-14(4-2,9-16)13-17-12(18-19-13)10-5-7-11(15)8-6-10/h5-8H,3-4,9,16H2,1-2H3. The Labute approximate surface area is 111 Å². The number of hydrogen-bond acceptors (Lipinski definition) is 4. The molecule has 2 aromatic rings. The molecule has 5 heteroatoms. The van der Waals surface area contributed by atoms with Crippen LogP contribution in [0, 0.1) is 5.82 Å². The minimum Gasteiger partial charge on any atom is -0.338 e. The molecule has 0 atom stereocenters. The zero-order valence-corrected chi connectivity index (χ0v) is 11.2. The molecule has 2 N–H and O–H groups in total. The largest absolute Gasteiger partial charge is 0.338 e. The Morgan fingerprint density at radius 2 is 1.84 bits per heavy atom. The van der Waals surface area contributed by atoms with E-state index in [0.717, 1.165) is 18.4 Å². The van der Waals surface area contributed by atoms with Crippen LogP contribution in [0.5, 0.6) is 0 Å². The molecular formula is C14H18FN3O. The van der Waals surface area contributed by atoms with Crippen LogP contribution >= 0.6 is 0 Å². The van der Waals surface area contributed by atoms with E-state index in [4.69, 9.17) is 10.3 Å². The van der Waals surface area contributed by atoms with Crippen molar-refractivity contribution in [2.24, 2.45) is 5.73 Å². The molecule has 0 aliphatic heterocycles. The number of benzene rings is 1. The quantitative estimate of drug-likeness (QED) is 0.900. The highest BCUT2D eigenvalue weighted by atomic mass is 19.1.